The van der Waals surface area contributed by atoms with E-state index in [1.165, 1.54) is 6.42 Å². The molecule has 1 aromatic heterocycles. The summed E-state index contributed by atoms with van der Waals surface area (Å²) in [4.78, 5) is 5.17. The third-order valence-corrected chi connectivity index (χ3v) is 5.05. The zero-order chi connectivity index (χ0) is 16.4. The van der Waals surface area contributed by atoms with Gasteiger partial charge in [0.1, 0.15) is 23.3 Å². The maximum absolute atomic E-state index is 9.76. The average Bonchev–Trinajstić information content (AvgIpc) is 2.55. The number of nitrogens with zero attached hydrogens (tertiary/aromatic N) is 4. The summed E-state index contributed by atoms with van der Waals surface area (Å²) in [6, 6.07) is 6.69. The molecule has 3 rings (SSSR count). The summed E-state index contributed by atoms with van der Waals surface area (Å²) in [6.45, 7) is 1.71. The minimum absolute atomic E-state index is 0.253. The van der Waals surface area contributed by atoms with Crippen LogP contribution in [0.25, 0.3) is 0 Å². The highest BCUT2D eigenvalue weighted by Gasteiger charge is 2.45. The highest BCUT2D eigenvalue weighted by atomic mass is 15.2. The van der Waals surface area contributed by atoms with Gasteiger partial charge in [0.05, 0.1) is 24.6 Å². The molecule has 23 heavy (non-hydrogen) atoms. The van der Waals surface area contributed by atoms with E-state index in [1.807, 2.05) is 0 Å². The molecule has 0 atom stereocenters. The summed E-state index contributed by atoms with van der Waals surface area (Å²) in [7, 11) is 0. The van der Waals surface area contributed by atoms with Gasteiger partial charge in [-0.05, 0) is 38.5 Å². The third kappa shape index (κ3) is 2.26. The van der Waals surface area contributed by atoms with Crippen molar-refractivity contribution < 1.29 is 4.98 Å². The van der Waals surface area contributed by atoms with Crippen LogP contribution >= 0.6 is 0 Å². The van der Waals surface area contributed by atoms with E-state index >= 15 is 0 Å². The van der Waals surface area contributed by atoms with Crippen molar-refractivity contribution in [3.63, 3.8) is 0 Å². The molecular formula is C17H19N6+. The zero-order valence-electron chi connectivity index (χ0n) is 13.0. The average molecular weight is 307 g/mol. The Morgan fingerprint density at radius 3 is 2.09 bits per heavy atom. The quantitative estimate of drug-likeness (QED) is 0.894. The van der Waals surface area contributed by atoms with E-state index in [2.05, 4.69) is 28.1 Å². The van der Waals surface area contributed by atoms with Crippen LogP contribution in [-0.4, -0.2) is 13.1 Å². The lowest BCUT2D eigenvalue weighted by Crippen LogP contribution is -2.40. The molecule has 2 heterocycles. The van der Waals surface area contributed by atoms with E-state index in [0.29, 0.717) is 29.8 Å². The summed E-state index contributed by atoms with van der Waals surface area (Å²) in [5, 5.41) is 29.0. The Bertz CT molecular complexity index is 751. The number of nitrogens with one attached hydrogen (secondary N) is 1. The summed E-state index contributed by atoms with van der Waals surface area (Å²) in [5.74, 6) is 0.920. The van der Waals surface area contributed by atoms with Crippen molar-refractivity contribution >= 4 is 11.6 Å². The van der Waals surface area contributed by atoms with Crippen molar-refractivity contribution in [1.82, 2.24) is 0 Å². The van der Waals surface area contributed by atoms with Gasteiger partial charge in [0.2, 0.25) is 11.6 Å². The second-order valence-electron chi connectivity index (χ2n) is 6.33. The number of nitrogen functional groups attached to an aromatic ring is 1. The number of piperidine rings is 1. The highest BCUT2D eigenvalue weighted by molar-refractivity contribution is 5.67. The minimum atomic E-state index is -0.746. The Morgan fingerprint density at radius 1 is 0.957 bits per heavy atom. The lowest BCUT2D eigenvalue weighted by atomic mass is 9.63. The molecule has 1 saturated heterocycles. The first kappa shape index (κ1) is 15.1. The molecule has 0 spiro atoms. The summed E-state index contributed by atoms with van der Waals surface area (Å²) >= 11 is 0. The van der Waals surface area contributed by atoms with E-state index in [1.54, 1.807) is 0 Å². The van der Waals surface area contributed by atoms with Gasteiger partial charge in [0, 0.05) is 5.56 Å². The zero-order valence-corrected chi connectivity index (χ0v) is 13.0. The van der Waals surface area contributed by atoms with Crippen LogP contribution in [0.2, 0.25) is 0 Å². The minimum Gasteiger partial charge on any atom is -0.318 e. The topological polar surface area (TPSA) is 115 Å². The van der Waals surface area contributed by atoms with E-state index < -0.39 is 5.41 Å². The molecule has 0 radical (unpaired) electrons. The maximum Gasteiger partial charge on any atom is 0.240 e. The number of H-pyrrole nitrogens is 1. The number of aromatic nitrogens is 1. The van der Waals surface area contributed by atoms with Gasteiger partial charge in [-0.2, -0.15) is 15.8 Å². The van der Waals surface area contributed by atoms with E-state index in [-0.39, 0.29) is 11.4 Å². The Labute approximate surface area is 135 Å². The van der Waals surface area contributed by atoms with Crippen LogP contribution in [0, 0.1) is 34.0 Å². The monoisotopic (exact) mass is 307 g/mol. The molecule has 1 aliphatic heterocycles. The lowest BCUT2D eigenvalue weighted by molar-refractivity contribution is -0.347. The Kier molecular flexibility index (Phi) is 3.80. The Morgan fingerprint density at radius 2 is 1.61 bits per heavy atom. The third-order valence-electron chi connectivity index (χ3n) is 5.05. The van der Waals surface area contributed by atoms with Crippen molar-refractivity contribution in [3.05, 3.63) is 16.7 Å². The van der Waals surface area contributed by atoms with Gasteiger partial charge in [0.25, 0.3) is 0 Å². The summed E-state index contributed by atoms with van der Waals surface area (Å²) in [5.41, 5.74) is 6.53. The number of anilines is 2. The number of rotatable bonds is 2. The van der Waals surface area contributed by atoms with E-state index in [0.717, 1.165) is 32.4 Å². The first-order valence-electron chi connectivity index (χ1n) is 8.02. The van der Waals surface area contributed by atoms with E-state index in [9.17, 15) is 15.8 Å². The summed E-state index contributed by atoms with van der Waals surface area (Å²) < 4.78 is 0. The Balaban J connectivity index is 2.24. The normalized spacial score (nSPS) is 19.1. The van der Waals surface area contributed by atoms with Gasteiger partial charge in [-0.1, -0.05) is 0 Å². The molecule has 6 nitrogen and oxygen atoms in total. The molecule has 0 unspecified atom stereocenters. The fourth-order valence-corrected chi connectivity index (χ4v) is 3.64. The van der Waals surface area contributed by atoms with Crippen LogP contribution in [-0.2, 0) is 5.41 Å². The first-order chi connectivity index (χ1) is 11.2. The number of hydrogen-bond acceptors (Lipinski definition) is 5. The maximum atomic E-state index is 9.76. The molecule has 2 aliphatic rings. The van der Waals surface area contributed by atoms with Crippen molar-refractivity contribution in [2.45, 2.75) is 43.9 Å². The number of nitrogens with two attached hydrogens (primary N) is 1. The molecule has 1 saturated carbocycles. The van der Waals surface area contributed by atoms with Crippen LogP contribution in [0.4, 0.5) is 11.6 Å². The standard InChI is InChI=1S/C17H18N6/c18-9-12-14(17(11-20)5-4-6-17)13(10-19)16(22-15(12)21)23-7-2-1-3-8-23/h1-8H2,(H2,21,22)/p+1. The van der Waals surface area contributed by atoms with Crippen LogP contribution in [0.15, 0.2) is 0 Å². The predicted molar refractivity (Wildman–Crippen MR) is 84.0 cm³/mol. The highest BCUT2D eigenvalue weighted by Crippen LogP contribution is 2.47. The first-order valence-corrected chi connectivity index (χ1v) is 8.02. The second-order valence-corrected chi connectivity index (χ2v) is 6.33. The van der Waals surface area contributed by atoms with Crippen molar-refractivity contribution in [2.24, 2.45) is 0 Å². The van der Waals surface area contributed by atoms with Gasteiger partial charge in [-0.25, -0.2) is 4.98 Å². The fourth-order valence-electron chi connectivity index (χ4n) is 3.64. The molecule has 3 N–H and O–H groups in total. The second kappa shape index (κ2) is 5.78. The molecule has 2 fully saturated rings. The molecule has 0 aromatic carbocycles. The molecule has 1 aliphatic carbocycles. The van der Waals surface area contributed by atoms with Crippen molar-refractivity contribution in [3.8, 4) is 18.2 Å². The number of hydrogen-bond donors (Lipinski definition) is 1. The van der Waals surface area contributed by atoms with Crippen LogP contribution in [0.1, 0.15) is 55.2 Å². The van der Waals surface area contributed by atoms with Gasteiger partial charge in [-0.15, -0.1) is 0 Å². The SMILES string of the molecule is N#Cc1c(N)[nH+]c(N2CCCCC2)c(C#N)c1C1(C#N)CCC1. The molecule has 6 heteroatoms. The van der Waals surface area contributed by atoms with Gasteiger partial charge < -0.3 is 5.73 Å². The van der Waals surface area contributed by atoms with Crippen LogP contribution in [0.5, 0.6) is 0 Å². The number of pyridine rings is 1. The lowest BCUT2D eigenvalue weighted by Gasteiger charge is -2.37. The molecule has 0 bridgehead atoms. The van der Waals surface area contributed by atoms with Crippen LogP contribution < -0.4 is 15.6 Å². The van der Waals surface area contributed by atoms with E-state index in [4.69, 9.17) is 5.73 Å². The smallest absolute Gasteiger partial charge is 0.240 e. The predicted octanol–water partition coefficient (Wildman–Crippen LogP) is 1.76. The Hall–Kier alpha value is -2.78. The molecule has 0 amide bonds. The van der Waals surface area contributed by atoms with Gasteiger partial charge >= 0.3 is 0 Å². The van der Waals surface area contributed by atoms with Gasteiger partial charge in [-0.3, -0.25) is 4.90 Å². The molecule has 116 valence electrons. The van der Waals surface area contributed by atoms with Crippen molar-refractivity contribution in [1.29, 1.82) is 15.8 Å². The summed E-state index contributed by atoms with van der Waals surface area (Å²) in [6.07, 6.45) is 5.60. The fraction of sp³-hybridized carbons (Fsp3) is 0.529. The van der Waals surface area contributed by atoms with Crippen molar-refractivity contribution in [2.75, 3.05) is 23.7 Å². The number of nitriles is 3. The number of aromatic amines is 1. The van der Waals surface area contributed by atoms with Crippen LogP contribution in [0.3, 0.4) is 0 Å². The largest absolute Gasteiger partial charge is 0.318 e. The van der Waals surface area contributed by atoms with Gasteiger partial charge in [0.15, 0.2) is 0 Å². The molecular weight excluding hydrogens is 288 g/mol. The molecule has 1 aromatic rings.